The molecule has 2 atom stereocenters. The quantitative estimate of drug-likeness (QED) is 0.264. The van der Waals surface area contributed by atoms with E-state index in [1.165, 1.54) is 28.3 Å². The molecule has 1 aliphatic heterocycles. The van der Waals surface area contributed by atoms with Gasteiger partial charge in [-0.1, -0.05) is 18.2 Å². The molecule has 3 N–H and O–H groups in total. The number of hydrogen-bond acceptors (Lipinski definition) is 9. The predicted molar refractivity (Wildman–Crippen MR) is 171 cm³/mol. The number of methoxy groups -OCH3 is 3. The Balaban J connectivity index is 1.48. The molecule has 12 nitrogen and oxygen atoms in total. The van der Waals surface area contributed by atoms with Crippen molar-refractivity contribution in [3.05, 3.63) is 70.8 Å². The minimum absolute atomic E-state index is 0.0400. The van der Waals surface area contributed by atoms with Crippen LogP contribution >= 0.6 is 0 Å². The first kappa shape index (κ1) is 33.6. The fraction of sp³-hybridized carbons (Fsp3) is 0.353. The van der Waals surface area contributed by atoms with Gasteiger partial charge in [0.1, 0.15) is 29.1 Å². The molecule has 1 aliphatic rings. The molecule has 0 aromatic heterocycles. The number of anilines is 2. The van der Waals surface area contributed by atoms with E-state index in [4.69, 9.17) is 23.7 Å². The topological polar surface area (TPSA) is 151 Å². The molecule has 1 heterocycles. The summed E-state index contributed by atoms with van der Waals surface area (Å²) >= 11 is 0. The molecular weight excluding hydrogens is 594 g/mol. The predicted octanol–water partition coefficient (Wildman–Crippen LogP) is 5.83. The number of alkyl carbamates (subject to hydrolysis) is 1. The summed E-state index contributed by atoms with van der Waals surface area (Å²) in [6.07, 6.45) is -1.30. The molecule has 1 unspecified atom stereocenters. The van der Waals surface area contributed by atoms with E-state index in [1.807, 2.05) is 6.07 Å². The zero-order valence-electron chi connectivity index (χ0n) is 27.2. The number of aryl methyl sites for hydroxylation is 1. The van der Waals surface area contributed by atoms with E-state index in [0.717, 1.165) is 0 Å². The minimum Gasteiger partial charge on any atom is -0.493 e. The molecule has 0 fully saturated rings. The van der Waals surface area contributed by atoms with Crippen molar-refractivity contribution in [1.82, 2.24) is 5.32 Å². The number of ether oxygens (including phenoxy) is 5. The van der Waals surface area contributed by atoms with E-state index in [9.17, 15) is 19.2 Å². The second-order valence-electron chi connectivity index (χ2n) is 11.7. The number of ketones is 1. The van der Waals surface area contributed by atoms with Gasteiger partial charge in [-0.25, -0.2) is 4.79 Å². The maximum absolute atomic E-state index is 13.4. The molecule has 4 rings (SSSR count). The van der Waals surface area contributed by atoms with E-state index in [-0.39, 0.29) is 23.5 Å². The second-order valence-corrected chi connectivity index (χ2v) is 11.7. The molecule has 3 aromatic carbocycles. The van der Waals surface area contributed by atoms with Gasteiger partial charge >= 0.3 is 6.09 Å². The molecule has 3 amide bonds. The Hall–Kier alpha value is -5.26. The summed E-state index contributed by atoms with van der Waals surface area (Å²) in [5, 5.41) is 8.10. The van der Waals surface area contributed by atoms with Crippen molar-refractivity contribution in [2.45, 2.75) is 58.8 Å². The molecule has 244 valence electrons. The largest absolute Gasteiger partial charge is 0.493 e. The first-order chi connectivity index (χ1) is 21.7. The zero-order chi connectivity index (χ0) is 33.8. The van der Waals surface area contributed by atoms with Crippen LogP contribution in [-0.4, -0.2) is 56.7 Å². The Labute approximate surface area is 267 Å². The van der Waals surface area contributed by atoms with Gasteiger partial charge < -0.3 is 39.6 Å². The molecule has 0 bridgehead atoms. The number of fused-ring (bicyclic) bond motifs is 1. The Kier molecular flexibility index (Phi) is 10.1. The zero-order valence-corrected chi connectivity index (χ0v) is 27.2. The third-order valence-electron chi connectivity index (χ3n) is 7.11. The lowest BCUT2D eigenvalue weighted by molar-refractivity contribution is -0.117. The summed E-state index contributed by atoms with van der Waals surface area (Å²) in [7, 11) is 4.39. The number of Topliss-reactive ketones (excluding diaryl/α,β-unsaturated/α-hetero) is 1. The van der Waals surface area contributed by atoms with Crippen LogP contribution in [0.5, 0.6) is 23.0 Å². The highest BCUT2D eigenvalue weighted by atomic mass is 16.6. The molecule has 0 aliphatic carbocycles. The molecule has 12 heteroatoms. The van der Waals surface area contributed by atoms with Crippen molar-refractivity contribution in [3.8, 4) is 23.0 Å². The smallest absolute Gasteiger partial charge is 0.408 e. The average Bonchev–Trinajstić information content (AvgIpc) is 2.99. The van der Waals surface area contributed by atoms with Crippen molar-refractivity contribution in [2.24, 2.45) is 0 Å². The van der Waals surface area contributed by atoms with Gasteiger partial charge in [-0.05, 0) is 70.0 Å². The monoisotopic (exact) mass is 633 g/mol. The average molecular weight is 634 g/mol. The summed E-state index contributed by atoms with van der Waals surface area (Å²) in [6.45, 7) is 8.48. The summed E-state index contributed by atoms with van der Waals surface area (Å²) < 4.78 is 27.7. The van der Waals surface area contributed by atoms with Crippen LogP contribution in [0.25, 0.3) is 0 Å². The number of rotatable bonds is 9. The number of carbonyl (C=O) groups excluding carboxylic acids is 4. The van der Waals surface area contributed by atoms with Crippen LogP contribution in [0, 0.1) is 6.92 Å². The van der Waals surface area contributed by atoms with Crippen LogP contribution in [0.3, 0.4) is 0 Å². The summed E-state index contributed by atoms with van der Waals surface area (Å²) in [4.78, 5) is 51.4. The van der Waals surface area contributed by atoms with Crippen molar-refractivity contribution in [1.29, 1.82) is 0 Å². The van der Waals surface area contributed by atoms with Gasteiger partial charge in [0.2, 0.25) is 11.7 Å². The van der Waals surface area contributed by atoms with Gasteiger partial charge in [-0.3, -0.25) is 14.4 Å². The van der Waals surface area contributed by atoms with Gasteiger partial charge in [-0.15, -0.1) is 0 Å². The Morgan fingerprint density at radius 2 is 1.61 bits per heavy atom. The SMILES string of the molecule is COc1cc2c(c(OC)c1OC)C(=O)CC(c1cccc(NC(=O)c3cc(NC(=O)[C@H](C)NC(=O)OC(C)(C)C)ccc3C)c1)O2. The molecule has 3 aromatic rings. The highest BCUT2D eigenvalue weighted by molar-refractivity contribution is 6.07. The number of amides is 3. The van der Waals surface area contributed by atoms with Crippen LogP contribution in [0.1, 0.15) is 72.1 Å². The first-order valence-corrected chi connectivity index (χ1v) is 14.6. The molecule has 0 saturated carbocycles. The lowest BCUT2D eigenvalue weighted by Crippen LogP contribution is -2.44. The first-order valence-electron chi connectivity index (χ1n) is 14.6. The highest BCUT2D eigenvalue weighted by Gasteiger charge is 2.34. The third-order valence-corrected chi connectivity index (χ3v) is 7.11. The molecule has 0 spiro atoms. The van der Waals surface area contributed by atoms with Crippen LogP contribution in [-0.2, 0) is 9.53 Å². The van der Waals surface area contributed by atoms with Gasteiger partial charge in [0, 0.05) is 23.0 Å². The molecule has 0 radical (unpaired) electrons. The van der Waals surface area contributed by atoms with Crippen LogP contribution in [0.15, 0.2) is 48.5 Å². The molecular formula is C34H39N3O9. The summed E-state index contributed by atoms with van der Waals surface area (Å²) in [5.41, 5.74) is 2.13. The Morgan fingerprint density at radius 1 is 0.913 bits per heavy atom. The minimum atomic E-state index is -0.888. The van der Waals surface area contributed by atoms with Crippen LogP contribution in [0.2, 0.25) is 0 Å². The number of carbonyl (C=O) groups is 4. The lowest BCUT2D eigenvalue weighted by atomic mass is 9.94. The lowest BCUT2D eigenvalue weighted by Gasteiger charge is -2.28. The van der Waals surface area contributed by atoms with E-state index in [0.29, 0.717) is 45.3 Å². The van der Waals surface area contributed by atoms with E-state index in [1.54, 1.807) is 70.2 Å². The standard InChI is InChI=1S/C34H39N3O9/c1-18-12-13-22(36-31(39)19(2)35-33(41)46-34(3,4)5)15-23(18)32(40)37-21-11-9-10-20(14-21)25-16-24(38)28-26(45-25)17-27(42-6)29(43-7)30(28)44-8/h9-15,17,19,25H,16H2,1-8H3,(H,35,41)(H,36,39)(H,37,40)/t19-,25?/m0/s1. The Morgan fingerprint density at radius 3 is 2.26 bits per heavy atom. The summed E-state index contributed by atoms with van der Waals surface area (Å²) in [6, 6.07) is 12.7. The fourth-order valence-electron chi connectivity index (χ4n) is 4.90. The Bertz CT molecular complexity index is 1660. The fourth-order valence-corrected chi connectivity index (χ4v) is 4.90. The summed E-state index contributed by atoms with van der Waals surface area (Å²) in [5.74, 6) is 0.122. The number of benzene rings is 3. The highest BCUT2D eigenvalue weighted by Crippen LogP contribution is 2.49. The number of hydrogen-bond donors (Lipinski definition) is 3. The van der Waals surface area contributed by atoms with Crippen molar-refractivity contribution in [3.63, 3.8) is 0 Å². The maximum atomic E-state index is 13.4. The van der Waals surface area contributed by atoms with Crippen molar-refractivity contribution >= 4 is 35.1 Å². The van der Waals surface area contributed by atoms with Crippen LogP contribution < -0.4 is 34.9 Å². The van der Waals surface area contributed by atoms with E-state index >= 15 is 0 Å². The van der Waals surface area contributed by atoms with Gasteiger partial charge in [0.25, 0.3) is 5.91 Å². The maximum Gasteiger partial charge on any atom is 0.408 e. The van der Waals surface area contributed by atoms with Gasteiger partial charge in [0.05, 0.1) is 27.8 Å². The molecule has 46 heavy (non-hydrogen) atoms. The van der Waals surface area contributed by atoms with E-state index < -0.39 is 35.7 Å². The second kappa shape index (κ2) is 13.8. The molecule has 0 saturated heterocycles. The van der Waals surface area contributed by atoms with Crippen molar-refractivity contribution < 1.29 is 42.9 Å². The normalized spacial score (nSPS) is 14.6. The van der Waals surface area contributed by atoms with E-state index in [2.05, 4.69) is 16.0 Å². The number of nitrogens with one attached hydrogen (secondary N) is 3. The van der Waals surface area contributed by atoms with Crippen molar-refractivity contribution in [2.75, 3.05) is 32.0 Å². The van der Waals surface area contributed by atoms with Crippen LogP contribution in [0.4, 0.5) is 16.2 Å². The van der Waals surface area contributed by atoms with Gasteiger partial charge in [0.15, 0.2) is 17.3 Å². The third kappa shape index (κ3) is 7.68. The van der Waals surface area contributed by atoms with Gasteiger partial charge in [-0.2, -0.15) is 0 Å².